The van der Waals surface area contributed by atoms with Gasteiger partial charge in [-0.3, -0.25) is 9.59 Å². The second kappa shape index (κ2) is 9.30. The van der Waals surface area contributed by atoms with Gasteiger partial charge in [0.2, 0.25) is 11.8 Å². The monoisotopic (exact) mass is 319 g/mol. The first-order valence-electron chi connectivity index (χ1n) is 8.20. The number of primary amides is 1. The number of rotatable bonds is 9. The molecule has 5 heteroatoms. The van der Waals surface area contributed by atoms with E-state index in [0.717, 1.165) is 19.6 Å². The van der Waals surface area contributed by atoms with Crippen LogP contribution in [0.15, 0.2) is 24.3 Å². The molecule has 2 amide bonds. The highest BCUT2D eigenvalue weighted by Gasteiger charge is 2.12. The van der Waals surface area contributed by atoms with E-state index < -0.39 is 5.91 Å². The molecule has 0 radical (unpaired) electrons. The normalized spacial score (nSPS) is 11.3. The maximum atomic E-state index is 12.1. The summed E-state index contributed by atoms with van der Waals surface area (Å²) in [6, 6.07) is 6.61. The molecular formula is C18H29N3O2. The lowest BCUT2D eigenvalue weighted by molar-refractivity contribution is -0.116. The number of hydrogen-bond acceptors (Lipinski definition) is 3. The number of carbonyl (C=O) groups excluding carboxylic acids is 2. The van der Waals surface area contributed by atoms with Gasteiger partial charge in [0.15, 0.2) is 0 Å². The Kier molecular flexibility index (Phi) is 7.75. The largest absolute Gasteiger partial charge is 0.366 e. The van der Waals surface area contributed by atoms with Gasteiger partial charge in [0.25, 0.3) is 0 Å². The number of amides is 2. The van der Waals surface area contributed by atoms with Crippen molar-refractivity contribution in [1.29, 1.82) is 0 Å². The van der Waals surface area contributed by atoms with Gasteiger partial charge in [-0.1, -0.05) is 27.7 Å². The maximum Gasteiger partial charge on any atom is 0.248 e. The lowest BCUT2D eigenvalue weighted by Crippen LogP contribution is -2.34. The molecule has 1 aromatic rings. The van der Waals surface area contributed by atoms with Gasteiger partial charge in [0.1, 0.15) is 0 Å². The summed E-state index contributed by atoms with van der Waals surface area (Å²) < 4.78 is 0. The molecule has 128 valence electrons. The molecule has 0 aliphatic heterocycles. The molecule has 0 aliphatic rings. The molecule has 23 heavy (non-hydrogen) atoms. The van der Waals surface area contributed by atoms with Crippen LogP contribution in [0.2, 0.25) is 0 Å². The van der Waals surface area contributed by atoms with Gasteiger partial charge in [0, 0.05) is 37.3 Å². The Labute approximate surface area is 139 Å². The standard InChI is InChI=1S/C18H29N3O2/c1-13(2)11-21(12-14(3)4)10-9-17(22)20-16-7-5-15(6-8-16)18(19)23/h5-8,13-14H,9-12H2,1-4H3,(H2,19,23)(H,20,22). The summed E-state index contributed by atoms with van der Waals surface area (Å²) in [5, 5.41) is 2.85. The lowest BCUT2D eigenvalue weighted by atomic mass is 10.1. The molecule has 1 rings (SSSR count). The van der Waals surface area contributed by atoms with Crippen LogP contribution in [0.1, 0.15) is 44.5 Å². The number of nitrogens with one attached hydrogen (secondary N) is 1. The van der Waals surface area contributed by atoms with Crippen LogP contribution in [0, 0.1) is 11.8 Å². The van der Waals surface area contributed by atoms with Crippen molar-refractivity contribution in [3.05, 3.63) is 29.8 Å². The first-order valence-corrected chi connectivity index (χ1v) is 8.20. The molecule has 0 heterocycles. The van der Waals surface area contributed by atoms with Crippen molar-refractivity contribution in [2.75, 3.05) is 25.0 Å². The predicted octanol–water partition coefficient (Wildman–Crippen LogP) is 2.73. The Morgan fingerprint density at radius 1 is 1.04 bits per heavy atom. The fraction of sp³-hybridized carbons (Fsp3) is 0.556. The second-order valence-corrected chi connectivity index (χ2v) is 6.79. The van der Waals surface area contributed by atoms with Crippen molar-refractivity contribution < 1.29 is 9.59 Å². The van der Waals surface area contributed by atoms with Crippen LogP contribution in [0.4, 0.5) is 5.69 Å². The molecule has 0 fully saturated rings. The summed E-state index contributed by atoms with van der Waals surface area (Å²) in [5.74, 6) is 0.673. The highest BCUT2D eigenvalue weighted by atomic mass is 16.2. The minimum absolute atomic E-state index is 0.0191. The number of benzene rings is 1. The fourth-order valence-electron chi connectivity index (χ4n) is 2.49. The van der Waals surface area contributed by atoms with Crippen LogP contribution in [0.25, 0.3) is 0 Å². The van der Waals surface area contributed by atoms with E-state index in [1.54, 1.807) is 24.3 Å². The first kappa shape index (κ1) is 19.2. The average molecular weight is 319 g/mol. The zero-order valence-corrected chi connectivity index (χ0v) is 14.6. The summed E-state index contributed by atoms with van der Waals surface area (Å²) >= 11 is 0. The Hall–Kier alpha value is -1.88. The Bertz CT molecular complexity index is 500. The van der Waals surface area contributed by atoms with Gasteiger partial charge in [-0.2, -0.15) is 0 Å². The highest BCUT2D eigenvalue weighted by Crippen LogP contribution is 2.10. The number of carbonyl (C=O) groups is 2. The van der Waals surface area contributed by atoms with Crippen molar-refractivity contribution in [2.45, 2.75) is 34.1 Å². The molecule has 0 saturated carbocycles. The van der Waals surface area contributed by atoms with Gasteiger partial charge in [-0.15, -0.1) is 0 Å². The summed E-state index contributed by atoms with van der Waals surface area (Å²) in [4.78, 5) is 25.4. The van der Waals surface area contributed by atoms with E-state index in [0.29, 0.717) is 29.5 Å². The average Bonchev–Trinajstić information content (AvgIpc) is 2.44. The van der Waals surface area contributed by atoms with E-state index in [2.05, 4.69) is 37.9 Å². The van der Waals surface area contributed by atoms with Crippen molar-refractivity contribution in [3.8, 4) is 0 Å². The summed E-state index contributed by atoms with van der Waals surface area (Å²) in [7, 11) is 0. The third-order valence-corrected chi connectivity index (χ3v) is 3.35. The topological polar surface area (TPSA) is 75.4 Å². The van der Waals surface area contributed by atoms with E-state index in [1.165, 1.54) is 0 Å². The lowest BCUT2D eigenvalue weighted by Gasteiger charge is -2.25. The van der Waals surface area contributed by atoms with Crippen molar-refractivity contribution in [1.82, 2.24) is 4.90 Å². The van der Waals surface area contributed by atoms with E-state index >= 15 is 0 Å². The summed E-state index contributed by atoms with van der Waals surface area (Å²) in [5.41, 5.74) is 6.31. The molecule has 1 aromatic carbocycles. The van der Waals surface area contributed by atoms with E-state index in [-0.39, 0.29) is 5.91 Å². The van der Waals surface area contributed by atoms with Crippen LogP contribution in [-0.4, -0.2) is 36.3 Å². The zero-order chi connectivity index (χ0) is 17.4. The third-order valence-electron chi connectivity index (χ3n) is 3.35. The number of anilines is 1. The minimum atomic E-state index is -0.471. The smallest absolute Gasteiger partial charge is 0.248 e. The van der Waals surface area contributed by atoms with Gasteiger partial charge in [-0.05, 0) is 36.1 Å². The molecule has 0 bridgehead atoms. The number of nitrogens with two attached hydrogens (primary N) is 1. The fourth-order valence-corrected chi connectivity index (χ4v) is 2.49. The van der Waals surface area contributed by atoms with Gasteiger partial charge < -0.3 is 16.0 Å². The molecule has 0 aromatic heterocycles. The Balaban J connectivity index is 2.49. The molecule has 0 unspecified atom stereocenters. The molecule has 0 aliphatic carbocycles. The van der Waals surface area contributed by atoms with Crippen molar-refractivity contribution in [2.24, 2.45) is 17.6 Å². The molecular weight excluding hydrogens is 290 g/mol. The SMILES string of the molecule is CC(C)CN(CCC(=O)Nc1ccc(C(N)=O)cc1)CC(C)C. The van der Waals surface area contributed by atoms with Crippen molar-refractivity contribution >= 4 is 17.5 Å². The molecule has 3 N–H and O–H groups in total. The van der Waals surface area contributed by atoms with Crippen LogP contribution in [0.3, 0.4) is 0 Å². The van der Waals surface area contributed by atoms with Crippen LogP contribution < -0.4 is 11.1 Å². The number of hydrogen-bond donors (Lipinski definition) is 2. The van der Waals surface area contributed by atoms with E-state index in [4.69, 9.17) is 5.73 Å². The van der Waals surface area contributed by atoms with Gasteiger partial charge in [-0.25, -0.2) is 0 Å². The van der Waals surface area contributed by atoms with Gasteiger partial charge in [0.05, 0.1) is 0 Å². The van der Waals surface area contributed by atoms with Gasteiger partial charge >= 0.3 is 0 Å². The van der Waals surface area contributed by atoms with Crippen LogP contribution in [-0.2, 0) is 4.79 Å². The summed E-state index contributed by atoms with van der Waals surface area (Å²) in [6.07, 6.45) is 0.455. The minimum Gasteiger partial charge on any atom is -0.366 e. The van der Waals surface area contributed by atoms with E-state index in [9.17, 15) is 9.59 Å². The quantitative estimate of drug-likeness (QED) is 0.735. The predicted molar refractivity (Wildman–Crippen MR) is 94.3 cm³/mol. The Morgan fingerprint density at radius 3 is 2.00 bits per heavy atom. The zero-order valence-electron chi connectivity index (χ0n) is 14.6. The molecule has 5 nitrogen and oxygen atoms in total. The van der Waals surface area contributed by atoms with Crippen LogP contribution >= 0.6 is 0 Å². The molecule has 0 atom stereocenters. The van der Waals surface area contributed by atoms with Crippen molar-refractivity contribution in [3.63, 3.8) is 0 Å². The third kappa shape index (κ3) is 7.79. The summed E-state index contributed by atoms with van der Waals surface area (Å²) in [6.45, 7) is 11.5. The highest BCUT2D eigenvalue weighted by molar-refractivity contribution is 5.94. The van der Waals surface area contributed by atoms with Crippen LogP contribution in [0.5, 0.6) is 0 Å². The second-order valence-electron chi connectivity index (χ2n) is 6.79. The first-order chi connectivity index (χ1) is 10.8. The Morgan fingerprint density at radius 2 is 1.57 bits per heavy atom. The molecule has 0 saturated heterocycles. The number of nitrogens with zero attached hydrogens (tertiary/aromatic N) is 1. The molecule has 0 spiro atoms. The van der Waals surface area contributed by atoms with E-state index in [1.807, 2.05) is 0 Å². The maximum absolute atomic E-state index is 12.1.